The zero-order chi connectivity index (χ0) is 22.8. The van der Waals surface area contributed by atoms with E-state index in [0.717, 1.165) is 57.9 Å². The van der Waals surface area contributed by atoms with Gasteiger partial charge in [-0.25, -0.2) is 0 Å². The Labute approximate surface area is 192 Å². The van der Waals surface area contributed by atoms with Crippen molar-refractivity contribution in [1.29, 1.82) is 0 Å². The molecule has 2 aliphatic rings. The maximum absolute atomic E-state index is 12.3. The molecule has 0 radical (unpaired) electrons. The molecule has 2 aliphatic heterocycles. The maximum Gasteiger partial charge on any atom is 0.310 e. The van der Waals surface area contributed by atoms with Crippen LogP contribution in [0.25, 0.3) is 0 Å². The van der Waals surface area contributed by atoms with Crippen LogP contribution < -0.4 is 10.6 Å². The lowest BCUT2D eigenvalue weighted by atomic mass is 9.88. The Morgan fingerprint density at radius 1 is 1.28 bits per heavy atom. The molecule has 2 heterocycles. The fourth-order valence-electron chi connectivity index (χ4n) is 4.67. The minimum atomic E-state index is -0.107. The number of esters is 1. The second-order valence-electron chi connectivity index (χ2n) is 8.88. The molecule has 1 aromatic rings. The van der Waals surface area contributed by atoms with Crippen molar-refractivity contribution in [2.45, 2.75) is 58.0 Å². The summed E-state index contributed by atoms with van der Waals surface area (Å²) in [5.41, 5.74) is 1.17. The summed E-state index contributed by atoms with van der Waals surface area (Å²) in [4.78, 5) is 19.6. The quantitative estimate of drug-likeness (QED) is 0.365. The number of nitrogens with one attached hydrogen (secondary N) is 2. The van der Waals surface area contributed by atoms with Crippen LogP contribution in [0.3, 0.4) is 0 Å². The van der Waals surface area contributed by atoms with Crippen LogP contribution in [-0.2, 0) is 14.3 Å². The first kappa shape index (κ1) is 24.5. The Bertz CT molecular complexity index is 734. The average Bonchev–Trinajstić information content (AvgIpc) is 2.83. The molecule has 2 unspecified atom stereocenters. The molecular formula is C25H40N4O3. The molecule has 0 aromatic heterocycles. The fraction of sp³-hybridized carbons (Fsp3) is 0.680. The lowest BCUT2D eigenvalue weighted by Crippen LogP contribution is -2.54. The van der Waals surface area contributed by atoms with Crippen LogP contribution in [0.15, 0.2) is 35.3 Å². The molecule has 0 amide bonds. The van der Waals surface area contributed by atoms with E-state index in [1.54, 1.807) is 0 Å². The van der Waals surface area contributed by atoms with Crippen LogP contribution in [-0.4, -0.2) is 68.4 Å². The van der Waals surface area contributed by atoms with E-state index in [4.69, 9.17) is 14.5 Å². The van der Waals surface area contributed by atoms with Gasteiger partial charge < -0.3 is 25.0 Å². The van der Waals surface area contributed by atoms with Crippen molar-refractivity contribution in [3.05, 3.63) is 35.9 Å². The summed E-state index contributed by atoms with van der Waals surface area (Å²) >= 11 is 0. The van der Waals surface area contributed by atoms with Gasteiger partial charge in [0.1, 0.15) is 0 Å². The van der Waals surface area contributed by atoms with Gasteiger partial charge >= 0.3 is 5.97 Å². The first-order chi connectivity index (χ1) is 15.6. The molecule has 0 saturated carbocycles. The minimum absolute atomic E-state index is 0.0826. The summed E-state index contributed by atoms with van der Waals surface area (Å²) in [5.74, 6) is 0.717. The second kappa shape index (κ2) is 12.2. The first-order valence-corrected chi connectivity index (χ1v) is 12.2. The van der Waals surface area contributed by atoms with Crippen molar-refractivity contribution in [2.75, 3.05) is 46.0 Å². The van der Waals surface area contributed by atoms with E-state index in [9.17, 15) is 4.79 Å². The van der Waals surface area contributed by atoms with Crippen LogP contribution in [0.4, 0.5) is 0 Å². The van der Waals surface area contributed by atoms with Gasteiger partial charge in [-0.2, -0.15) is 0 Å². The molecule has 178 valence electrons. The van der Waals surface area contributed by atoms with Gasteiger partial charge in [0.2, 0.25) is 0 Å². The van der Waals surface area contributed by atoms with Crippen molar-refractivity contribution in [3.8, 4) is 0 Å². The van der Waals surface area contributed by atoms with E-state index >= 15 is 0 Å². The van der Waals surface area contributed by atoms with Gasteiger partial charge in [-0.15, -0.1) is 0 Å². The number of hydrogen-bond donors (Lipinski definition) is 2. The van der Waals surface area contributed by atoms with Crippen LogP contribution >= 0.6 is 0 Å². The molecule has 0 spiro atoms. The SMILES string of the molecule is CCNC(=NCC1(NC(C)c2ccccc2)CCOCC1)N1CCCC(C(=O)OCC)C1. The summed E-state index contributed by atoms with van der Waals surface area (Å²) in [5, 5.41) is 7.34. The van der Waals surface area contributed by atoms with Crippen molar-refractivity contribution in [2.24, 2.45) is 10.9 Å². The van der Waals surface area contributed by atoms with E-state index in [1.165, 1.54) is 5.56 Å². The minimum Gasteiger partial charge on any atom is -0.466 e. The monoisotopic (exact) mass is 444 g/mol. The number of likely N-dealkylation sites (tertiary alicyclic amines) is 1. The summed E-state index contributed by atoms with van der Waals surface area (Å²) in [6, 6.07) is 10.8. The van der Waals surface area contributed by atoms with E-state index in [-0.39, 0.29) is 23.5 Å². The molecule has 2 N–H and O–H groups in total. The van der Waals surface area contributed by atoms with Crippen molar-refractivity contribution in [1.82, 2.24) is 15.5 Å². The van der Waals surface area contributed by atoms with Gasteiger partial charge in [0.15, 0.2) is 5.96 Å². The molecule has 2 fully saturated rings. The van der Waals surface area contributed by atoms with Crippen LogP contribution in [0, 0.1) is 5.92 Å². The van der Waals surface area contributed by atoms with Gasteiger partial charge in [0.25, 0.3) is 0 Å². The zero-order valence-electron chi connectivity index (χ0n) is 19.9. The molecule has 3 rings (SSSR count). The molecule has 32 heavy (non-hydrogen) atoms. The average molecular weight is 445 g/mol. The Hall–Kier alpha value is -2.12. The molecule has 0 aliphatic carbocycles. The number of hydrogen-bond acceptors (Lipinski definition) is 5. The highest BCUT2D eigenvalue weighted by Gasteiger charge is 2.35. The van der Waals surface area contributed by atoms with Crippen LogP contribution in [0.5, 0.6) is 0 Å². The van der Waals surface area contributed by atoms with Gasteiger partial charge in [-0.1, -0.05) is 30.3 Å². The van der Waals surface area contributed by atoms with E-state index in [0.29, 0.717) is 19.7 Å². The summed E-state index contributed by atoms with van der Waals surface area (Å²) in [6.07, 6.45) is 3.71. The molecule has 2 saturated heterocycles. The molecular weight excluding hydrogens is 404 g/mol. The number of aliphatic imine (C=N–C) groups is 1. The third-order valence-electron chi connectivity index (χ3n) is 6.48. The molecule has 1 aromatic carbocycles. The molecule has 7 nitrogen and oxygen atoms in total. The summed E-state index contributed by atoms with van der Waals surface area (Å²) in [7, 11) is 0. The number of carbonyl (C=O) groups excluding carboxylic acids is 1. The number of carbonyl (C=O) groups is 1. The molecule has 0 bridgehead atoms. The summed E-state index contributed by atoms with van der Waals surface area (Å²) in [6.45, 7) is 11.1. The highest BCUT2D eigenvalue weighted by atomic mass is 16.5. The van der Waals surface area contributed by atoms with Crippen LogP contribution in [0.2, 0.25) is 0 Å². The van der Waals surface area contributed by atoms with Crippen molar-refractivity contribution < 1.29 is 14.3 Å². The normalized spacial score (nSPS) is 22.3. The van der Waals surface area contributed by atoms with E-state index < -0.39 is 0 Å². The number of piperidine rings is 1. The van der Waals surface area contributed by atoms with Gasteiger partial charge in [0.05, 0.1) is 19.1 Å². The smallest absolute Gasteiger partial charge is 0.310 e. The third kappa shape index (κ3) is 6.69. The highest BCUT2D eigenvalue weighted by Crippen LogP contribution is 2.26. The Morgan fingerprint density at radius 3 is 2.72 bits per heavy atom. The van der Waals surface area contributed by atoms with Gasteiger partial charge in [-0.05, 0) is 52.0 Å². The van der Waals surface area contributed by atoms with Gasteiger partial charge in [0, 0.05) is 44.4 Å². The van der Waals surface area contributed by atoms with Crippen molar-refractivity contribution >= 4 is 11.9 Å². The Kier molecular flexibility index (Phi) is 9.36. The number of nitrogens with zero attached hydrogens (tertiary/aromatic N) is 2. The Balaban J connectivity index is 1.73. The second-order valence-corrected chi connectivity index (χ2v) is 8.88. The molecule has 7 heteroatoms. The first-order valence-electron chi connectivity index (χ1n) is 12.2. The van der Waals surface area contributed by atoms with Crippen molar-refractivity contribution in [3.63, 3.8) is 0 Å². The number of ether oxygens (including phenoxy) is 2. The topological polar surface area (TPSA) is 75.2 Å². The Morgan fingerprint density at radius 2 is 2.03 bits per heavy atom. The predicted molar refractivity (Wildman–Crippen MR) is 128 cm³/mol. The predicted octanol–water partition coefficient (Wildman–Crippen LogP) is 3.13. The number of benzene rings is 1. The maximum atomic E-state index is 12.3. The fourth-order valence-corrected chi connectivity index (χ4v) is 4.67. The zero-order valence-corrected chi connectivity index (χ0v) is 19.9. The molecule has 2 atom stereocenters. The largest absolute Gasteiger partial charge is 0.466 e. The standard InChI is InChI=1S/C25H40N4O3/c1-4-26-24(29-15-9-12-22(18-29)23(30)32-5-2)27-19-25(13-16-31-17-14-25)28-20(3)21-10-7-6-8-11-21/h6-8,10-11,20,22,28H,4-5,9,12-19H2,1-3H3,(H,26,27). The number of guanidine groups is 1. The van der Waals surface area contributed by atoms with Gasteiger partial charge in [-0.3, -0.25) is 9.79 Å². The summed E-state index contributed by atoms with van der Waals surface area (Å²) < 4.78 is 11.0. The van der Waals surface area contributed by atoms with E-state index in [1.807, 2.05) is 6.92 Å². The number of rotatable bonds is 8. The van der Waals surface area contributed by atoms with E-state index in [2.05, 4.69) is 59.7 Å². The van der Waals surface area contributed by atoms with Crippen LogP contribution in [0.1, 0.15) is 58.1 Å². The highest BCUT2D eigenvalue weighted by molar-refractivity contribution is 5.81. The lowest BCUT2D eigenvalue weighted by molar-refractivity contribution is -0.149. The lowest BCUT2D eigenvalue weighted by Gasteiger charge is -2.40. The third-order valence-corrected chi connectivity index (χ3v) is 6.48.